The van der Waals surface area contributed by atoms with Gasteiger partial charge in [0.05, 0.1) is 6.61 Å². The van der Waals surface area contributed by atoms with Gasteiger partial charge in [-0.15, -0.1) is 0 Å². The van der Waals surface area contributed by atoms with Crippen molar-refractivity contribution in [3.05, 3.63) is 53.6 Å². The van der Waals surface area contributed by atoms with Crippen molar-refractivity contribution in [2.75, 3.05) is 6.61 Å². The van der Waals surface area contributed by atoms with Crippen molar-refractivity contribution in [1.82, 2.24) is 0 Å². The minimum Gasteiger partial charge on any atom is -0.490 e. The molecule has 2 fully saturated rings. The van der Waals surface area contributed by atoms with E-state index in [1.807, 2.05) is 0 Å². The second kappa shape index (κ2) is 13.8. The third kappa shape index (κ3) is 7.68. The van der Waals surface area contributed by atoms with Crippen molar-refractivity contribution in [3.8, 4) is 5.75 Å². The number of unbranched alkanes of at least 4 members (excludes halogenated alkanes) is 2. The van der Waals surface area contributed by atoms with Crippen LogP contribution in [0.4, 0.5) is 8.78 Å². The molecule has 2 atom stereocenters. The van der Waals surface area contributed by atoms with Gasteiger partial charge in [0.2, 0.25) is 5.82 Å². The minimum atomic E-state index is -0.847. The molecule has 0 spiro atoms. The van der Waals surface area contributed by atoms with Gasteiger partial charge in [0, 0.05) is 0 Å². The summed E-state index contributed by atoms with van der Waals surface area (Å²) in [6.45, 7) is 4.36. The van der Waals surface area contributed by atoms with Crippen LogP contribution in [-0.2, 0) is 0 Å². The number of allylic oxidation sites excluding steroid dienone is 4. The summed E-state index contributed by atoms with van der Waals surface area (Å²) in [5.41, 5.74) is 0.322. The second-order valence-electron chi connectivity index (χ2n) is 12.0. The molecule has 0 saturated heterocycles. The van der Waals surface area contributed by atoms with Gasteiger partial charge in [0.1, 0.15) is 0 Å². The Morgan fingerprint density at radius 3 is 2.19 bits per heavy atom. The van der Waals surface area contributed by atoms with E-state index in [1.165, 1.54) is 77.0 Å². The first kappa shape index (κ1) is 27.4. The van der Waals surface area contributed by atoms with Gasteiger partial charge in [-0.05, 0) is 125 Å². The third-order valence-electron chi connectivity index (χ3n) is 9.40. The number of aryl methyl sites for hydroxylation is 1. The molecule has 1 aromatic rings. The Hall–Kier alpha value is -1.64. The van der Waals surface area contributed by atoms with Crippen molar-refractivity contribution in [2.45, 2.75) is 104 Å². The van der Waals surface area contributed by atoms with E-state index in [0.29, 0.717) is 24.0 Å². The molecule has 0 aliphatic heterocycles. The van der Waals surface area contributed by atoms with Crippen LogP contribution < -0.4 is 4.74 Å². The Balaban J connectivity index is 1.12. The summed E-state index contributed by atoms with van der Waals surface area (Å²) in [6.07, 6.45) is 28.4. The molecule has 0 N–H and O–H groups in total. The lowest BCUT2D eigenvalue weighted by Gasteiger charge is -2.37. The zero-order chi connectivity index (χ0) is 25.3. The second-order valence-corrected chi connectivity index (χ2v) is 12.0. The van der Waals surface area contributed by atoms with Crippen LogP contribution in [0, 0.1) is 54.1 Å². The molecule has 3 heteroatoms. The SMILES string of the molecule is CCCCCC1C=CC(/C=C/C2CCC(C3CCC(COc4ccc(C)c(F)c4F)CC3)CC2)CC1. The fraction of sp³-hybridized carbons (Fsp3) is 0.697. The highest BCUT2D eigenvalue weighted by atomic mass is 19.2. The van der Waals surface area contributed by atoms with Gasteiger partial charge >= 0.3 is 0 Å². The lowest BCUT2D eigenvalue weighted by Crippen LogP contribution is -2.27. The highest BCUT2D eigenvalue weighted by Gasteiger charge is 2.31. The van der Waals surface area contributed by atoms with Crippen molar-refractivity contribution >= 4 is 0 Å². The van der Waals surface area contributed by atoms with Crippen molar-refractivity contribution in [1.29, 1.82) is 0 Å². The van der Waals surface area contributed by atoms with E-state index in [9.17, 15) is 8.78 Å². The summed E-state index contributed by atoms with van der Waals surface area (Å²) in [5, 5.41) is 0. The molecule has 0 bridgehead atoms. The standard InChI is InChI=1S/C33H48F2O/c1-3-4-5-6-25-8-10-26(11-9-25)12-13-27-14-18-29(19-15-27)30-20-16-28(17-21-30)23-36-31-22-7-24(2)32(34)33(31)35/h7-8,10,12-13,22,25-30H,3-6,9,11,14-21,23H2,1-2H3/b13-12+. The minimum absolute atomic E-state index is 0.0575. The number of hydrogen-bond donors (Lipinski definition) is 0. The fourth-order valence-electron chi connectivity index (χ4n) is 6.84. The molecule has 0 radical (unpaired) electrons. The predicted molar refractivity (Wildman–Crippen MR) is 146 cm³/mol. The Labute approximate surface area is 218 Å². The number of benzene rings is 1. The Morgan fingerprint density at radius 1 is 0.806 bits per heavy atom. The van der Waals surface area contributed by atoms with Crippen LogP contribution in [0.15, 0.2) is 36.4 Å². The van der Waals surface area contributed by atoms with E-state index in [0.717, 1.165) is 36.5 Å². The van der Waals surface area contributed by atoms with E-state index >= 15 is 0 Å². The molecule has 3 aliphatic carbocycles. The molecule has 36 heavy (non-hydrogen) atoms. The van der Waals surface area contributed by atoms with Gasteiger partial charge in [-0.2, -0.15) is 4.39 Å². The normalized spacial score (nSPS) is 31.1. The van der Waals surface area contributed by atoms with Crippen LogP contribution in [0.3, 0.4) is 0 Å². The van der Waals surface area contributed by atoms with E-state index in [4.69, 9.17) is 4.74 Å². The van der Waals surface area contributed by atoms with E-state index in [-0.39, 0.29) is 5.75 Å². The van der Waals surface area contributed by atoms with Crippen LogP contribution in [0.25, 0.3) is 0 Å². The van der Waals surface area contributed by atoms with Gasteiger partial charge in [-0.3, -0.25) is 0 Å². The molecule has 0 amide bonds. The lowest BCUT2D eigenvalue weighted by atomic mass is 9.69. The van der Waals surface area contributed by atoms with E-state index in [1.54, 1.807) is 19.1 Å². The molecule has 0 heterocycles. The molecular formula is C33H48F2O. The number of rotatable bonds is 10. The molecule has 200 valence electrons. The topological polar surface area (TPSA) is 9.23 Å². The molecule has 4 rings (SSSR count). The summed E-state index contributed by atoms with van der Waals surface area (Å²) in [5.74, 6) is 2.85. The summed E-state index contributed by atoms with van der Waals surface area (Å²) in [7, 11) is 0. The number of halogens is 2. The first-order valence-electron chi connectivity index (χ1n) is 15.0. The van der Waals surface area contributed by atoms with Gasteiger partial charge < -0.3 is 4.74 Å². The number of hydrogen-bond acceptors (Lipinski definition) is 1. The maximum atomic E-state index is 14.1. The quantitative estimate of drug-likeness (QED) is 0.230. The van der Waals surface area contributed by atoms with Crippen LogP contribution in [0.2, 0.25) is 0 Å². The molecule has 1 aromatic carbocycles. The first-order chi connectivity index (χ1) is 17.5. The van der Waals surface area contributed by atoms with E-state index in [2.05, 4.69) is 31.2 Å². The van der Waals surface area contributed by atoms with Crippen molar-refractivity contribution in [3.63, 3.8) is 0 Å². The summed E-state index contributed by atoms with van der Waals surface area (Å²) < 4.78 is 33.5. The molecular weight excluding hydrogens is 450 g/mol. The van der Waals surface area contributed by atoms with Gasteiger partial charge in [-0.1, -0.05) is 56.6 Å². The van der Waals surface area contributed by atoms with Crippen LogP contribution in [-0.4, -0.2) is 6.61 Å². The third-order valence-corrected chi connectivity index (χ3v) is 9.40. The molecule has 2 unspecified atom stereocenters. The molecule has 2 saturated carbocycles. The fourth-order valence-corrected chi connectivity index (χ4v) is 6.84. The van der Waals surface area contributed by atoms with Crippen LogP contribution in [0.1, 0.15) is 102 Å². The lowest BCUT2D eigenvalue weighted by molar-refractivity contribution is 0.127. The smallest absolute Gasteiger partial charge is 0.200 e. The summed E-state index contributed by atoms with van der Waals surface area (Å²) in [4.78, 5) is 0. The van der Waals surface area contributed by atoms with Gasteiger partial charge in [0.25, 0.3) is 0 Å². The van der Waals surface area contributed by atoms with E-state index < -0.39 is 11.6 Å². The highest BCUT2D eigenvalue weighted by Crippen LogP contribution is 2.42. The monoisotopic (exact) mass is 498 g/mol. The molecule has 3 aliphatic rings. The maximum Gasteiger partial charge on any atom is 0.200 e. The zero-order valence-corrected chi connectivity index (χ0v) is 22.7. The highest BCUT2D eigenvalue weighted by molar-refractivity contribution is 5.30. The summed E-state index contributed by atoms with van der Waals surface area (Å²) >= 11 is 0. The Morgan fingerprint density at radius 2 is 1.53 bits per heavy atom. The Kier molecular flexibility index (Phi) is 10.5. The van der Waals surface area contributed by atoms with Crippen LogP contribution in [0.5, 0.6) is 5.75 Å². The molecule has 1 nitrogen and oxygen atoms in total. The summed E-state index contributed by atoms with van der Waals surface area (Å²) in [6, 6.07) is 3.15. The Bertz CT molecular complexity index is 859. The maximum absolute atomic E-state index is 14.1. The average molecular weight is 499 g/mol. The zero-order valence-electron chi connectivity index (χ0n) is 22.7. The number of ether oxygens (including phenoxy) is 1. The van der Waals surface area contributed by atoms with Crippen molar-refractivity contribution < 1.29 is 13.5 Å². The van der Waals surface area contributed by atoms with Crippen LogP contribution >= 0.6 is 0 Å². The predicted octanol–water partition coefficient (Wildman–Crippen LogP) is 9.98. The largest absolute Gasteiger partial charge is 0.490 e. The van der Waals surface area contributed by atoms with Gasteiger partial charge in [-0.25, -0.2) is 4.39 Å². The first-order valence-corrected chi connectivity index (χ1v) is 15.0. The van der Waals surface area contributed by atoms with Crippen molar-refractivity contribution in [2.24, 2.45) is 35.5 Å². The average Bonchev–Trinajstić information content (AvgIpc) is 2.92. The van der Waals surface area contributed by atoms with Gasteiger partial charge in [0.15, 0.2) is 11.6 Å². The molecule has 0 aromatic heterocycles.